The van der Waals surface area contributed by atoms with E-state index in [1.54, 1.807) is 24.2 Å². The molecule has 0 aliphatic carbocycles. The van der Waals surface area contributed by atoms with Gasteiger partial charge in [-0.1, -0.05) is 0 Å². The maximum absolute atomic E-state index is 5.87. The van der Waals surface area contributed by atoms with Crippen molar-refractivity contribution < 1.29 is 9.47 Å². The number of methoxy groups -OCH3 is 1. The third-order valence-electron chi connectivity index (χ3n) is 4.49. The Balaban J connectivity index is 1.44. The smallest absolute Gasteiger partial charge is 0.153 e. The molecule has 4 rings (SSSR count). The highest BCUT2D eigenvalue weighted by molar-refractivity contribution is 5.48. The van der Waals surface area contributed by atoms with E-state index >= 15 is 0 Å². The first-order valence-electron chi connectivity index (χ1n) is 8.75. The first-order valence-corrected chi connectivity index (χ1v) is 8.75. The Hall–Kier alpha value is -2.86. The van der Waals surface area contributed by atoms with E-state index in [2.05, 4.69) is 34.5 Å². The van der Waals surface area contributed by atoms with Crippen molar-refractivity contribution in [3.63, 3.8) is 0 Å². The van der Waals surface area contributed by atoms with Gasteiger partial charge in [-0.2, -0.15) is 5.10 Å². The van der Waals surface area contributed by atoms with Gasteiger partial charge in [-0.15, -0.1) is 0 Å². The average molecular weight is 350 g/mol. The van der Waals surface area contributed by atoms with Crippen LogP contribution >= 0.6 is 0 Å². The van der Waals surface area contributed by atoms with E-state index in [1.165, 1.54) is 5.56 Å². The first kappa shape index (κ1) is 16.6. The van der Waals surface area contributed by atoms with Crippen LogP contribution in [0.2, 0.25) is 0 Å². The molecule has 1 aromatic carbocycles. The molecule has 0 fully saturated rings. The van der Waals surface area contributed by atoms with Crippen molar-refractivity contribution >= 4 is 0 Å². The minimum absolute atomic E-state index is 0.232. The first-order chi connectivity index (χ1) is 12.7. The standard InChI is InChI=1S/C20H22N4O2/c1-14-8-16-10-18(25-2)17(11-19(16)26-14)13-21-12-15-4-6-22-20(9-15)24-7-3-5-23-24/h3-7,9-11,14,21H,8,12-13H2,1-2H3/t14-/m1/s1. The number of rotatable bonds is 6. The Morgan fingerprint density at radius 2 is 2.19 bits per heavy atom. The molecule has 6 nitrogen and oxygen atoms in total. The van der Waals surface area contributed by atoms with Crippen molar-refractivity contribution in [2.75, 3.05) is 7.11 Å². The summed E-state index contributed by atoms with van der Waals surface area (Å²) in [5, 5.41) is 7.70. The predicted molar refractivity (Wildman–Crippen MR) is 98.7 cm³/mol. The average Bonchev–Trinajstić information content (AvgIpc) is 3.30. The molecule has 1 aliphatic heterocycles. The van der Waals surface area contributed by atoms with E-state index in [0.29, 0.717) is 6.54 Å². The molecule has 1 N–H and O–H groups in total. The van der Waals surface area contributed by atoms with Crippen LogP contribution < -0.4 is 14.8 Å². The minimum Gasteiger partial charge on any atom is -0.496 e. The number of pyridine rings is 1. The van der Waals surface area contributed by atoms with Gasteiger partial charge < -0.3 is 14.8 Å². The molecule has 6 heteroatoms. The third kappa shape index (κ3) is 3.41. The van der Waals surface area contributed by atoms with Crippen molar-refractivity contribution in [2.24, 2.45) is 0 Å². The molecule has 1 atom stereocenters. The normalized spacial score (nSPS) is 15.5. The number of ether oxygens (including phenoxy) is 2. The van der Waals surface area contributed by atoms with E-state index in [9.17, 15) is 0 Å². The van der Waals surface area contributed by atoms with Gasteiger partial charge in [0.15, 0.2) is 5.82 Å². The van der Waals surface area contributed by atoms with Gasteiger partial charge in [0, 0.05) is 49.2 Å². The number of nitrogens with one attached hydrogen (secondary N) is 1. The van der Waals surface area contributed by atoms with Crippen LogP contribution in [0.1, 0.15) is 23.6 Å². The van der Waals surface area contributed by atoms with Crippen LogP contribution in [0.15, 0.2) is 48.9 Å². The van der Waals surface area contributed by atoms with E-state index in [4.69, 9.17) is 9.47 Å². The number of benzene rings is 1. The third-order valence-corrected chi connectivity index (χ3v) is 4.49. The molecule has 2 aromatic heterocycles. The van der Waals surface area contributed by atoms with Gasteiger partial charge in [-0.05, 0) is 42.8 Å². The lowest BCUT2D eigenvalue weighted by Crippen LogP contribution is -2.14. The molecular weight excluding hydrogens is 328 g/mol. The van der Waals surface area contributed by atoms with Crippen molar-refractivity contribution in [2.45, 2.75) is 32.5 Å². The number of nitrogens with zero attached hydrogens (tertiary/aromatic N) is 3. The lowest BCUT2D eigenvalue weighted by Gasteiger charge is -2.12. The quantitative estimate of drug-likeness (QED) is 0.741. The number of hydrogen-bond acceptors (Lipinski definition) is 5. The summed E-state index contributed by atoms with van der Waals surface area (Å²) < 4.78 is 13.2. The topological polar surface area (TPSA) is 61.2 Å². The van der Waals surface area contributed by atoms with Crippen LogP contribution in [0.5, 0.6) is 11.5 Å². The van der Waals surface area contributed by atoms with E-state index in [-0.39, 0.29) is 6.10 Å². The summed E-state index contributed by atoms with van der Waals surface area (Å²) >= 11 is 0. The Kier molecular flexibility index (Phi) is 4.58. The highest BCUT2D eigenvalue weighted by Crippen LogP contribution is 2.34. The highest BCUT2D eigenvalue weighted by atomic mass is 16.5. The SMILES string of the molecule is COc1cc2c(cc1CNCc1ccnc(-n3cccn3)c1)O[C@H](C)C2. The Morgan fingerprint density at radius 1 is 1.27 bits per heavy atom. The monoisotopic (exact) mass is 350 g/mol. The summed E-state index contributed by atoms with van der Waals surface area (Å²) in [4.78, 5) is 4.36. The zero-order chi connectivity index (χ0) is 17.9. The zero-order valence-corrected chi connectivity index (χ0v) is 15.0. The molecule has 3 heterocycles. The van der Waals surface area contributed by atoms with Gasteiger partial charge in [-0.25, -0.2) is 9.67 Å². The van der Waals surface area contributed by atoms with Crippen LogP contribution in [0.4, 0.5) is 0 Å². The zero-order valence-electron chi connectivity index (χ0n) is 15.0. The summed E-state index contributed by atoms with van der Waals surface area (Å²) in [5.74, 6) is 2.69. The summed E-state index contributed by atoms with van der Waals surface area (Å²) in [5.41, 5.74) is 3.47. The van der Waals surface area contributed by atoms with Crippen molar-refractivity contribution in [3.05, 3.63) is 65.6 Å². The lowest BCUT2D eigenvalue weighted by molar-refractivity contribution is 0.254. The van der Waals surface area contributed by atoms with E-state index in [0.717, 1.165) is 41.4 Å². The van der Waals surface area contributed by atoms with Crippen LogP contribution in [0.3, 0.4) is 0 Å². The van der Waals surface area contributed by atoms with Gasteiger partial charge in [0.1, 0.15) is 17.6 Å². The van der Waals surface area contributed by atoms with Crippen molar-refractivity contribution in [1.82, 2.24) is 20.1 Å². The largest absolute Gasteiger partial charge is 0.496 e. The summed E-state index contributed by atoms with van der Waals surface area (Å²) in [6.07, 6.45) is 6.60. The second kappa shape index (κ2) is 7.17. The molecule has 0 radical (unpaired) electrons. The van der Waals surface area contributed by atoms with Crippen molar-refractivity contribution in [3.8, 4) is 17.3 Å². The highest BCUT2D eigenvalue weighted by Gasteiger charge is 2.21. The molecule has 0 amide bonds. The molecule has 0 saturated carbocycles. The Labute approximate surface area is 152 Å². The maximum Gasteiger partial charge on any atom is 0.153 e. The molecule has 0 unspecified atom stereocenters. The second-order valence-electron chi connectivity index (χ2n) is 6.48. The molecule has 3 aromatic rings. The fourth-order valence-electron chi connectivity index (χ4n) is 3.25. The second-order valence-corrected chi connectivity index (χ2v) is 6.48. The van der Waals surface area contributed by atoms with Crippen LogP contribution in [-0.2, 0) is 19.5 Å². The Morgan fingerprint density at radius 3 is 3.00 bits per heavy atom. The summed E-state index contributed by atoms with van der Waals surface area (Å²) in [6.45, 7) is 3.52. The number of fused-ring (bicyclic) bond motifs is 1. The molecule has 26 heavy (non-hydrogen) atoms. The molecule has 134 valence electrons. The molecule has 0 bridgehead atoms. The van der Waals surface area contributed by atoms with Crippen molar-refractivity contribution in [1.29, 1.82) is 0 Å². The van der Waals surface area contributed by atoms with E-state index < -0.39 is 0 Å². The van der Waals surface area contributed by atoms with Crippen LogP contribution in [0, 0.1) is 0 Å². The number of hydrogen-bond donors (Lipinski definition) is 1. The maximum atomic E-state index is 5.87. The van der Waals surface area contributed by atoms with Gasteiger partial charge >= 0.3 is 0 Å². The summed E-state index contributed by atoms with van der Waals surface area (Å²) in [6, 6.07) is 10.1. The number of aromatic nitrogens is 3. The lowest BCUT2D eigenvalue weighted by atomic mass is 10.1. The van der Waals surface area contributed by atoms with Crippen LogP contribution in [-0.4, -0.2) is 28.0 Å². The molecule has 1 aliphatic rings. The van der Waals surface area contributed by atoms with Gasteiger partial charge in [0.05, 0.1) is 7.11 Å². The van der Waals surface area contributed by atoms with Crippen LogP contribution in [0.25, 0.3) is 5.82 Å². The Bertz CT molecular complexity index is 893. The van der Waals surface area contributed by atoms with E-state index in [1.807, 2.05) is 24.4 Å². The summed E-state index contributed by atoms with van der Waals surface area (Å²) in [7, 11) is 1.71. The van der Waals surface area contributed by atoms with Gasteiger partial charge in [-0.3, -0.25) is 0 Å². The van der Waals surface area contributed by atoms with Gasteiger partial charge in [0.25, 0.3) is 0 Å². The van der Waals surface area contributed by atoms with Gasteiger partial charge in [0.2, 0.25) is 0 Å². The molecule has 0 saturated heterocycles. The molecular formula is C20H22N4O2. The fraction of sp³-hybridized carbons (Fsp3) is 0.300. The molecule has 0 spiro atoms. The fourth-order valence-corrected chi connectivity index (χ4v) is 3.25. The predicted octanol–water partition coefficient (Wildman–Crippen LogP) is 2.89. The minimum atomic E-state index is 0.232.